The molecule has 0 spiro atoms. The quantitative estimate of drug-likeness (QED) is 0.407. The summed E-state index contributed by atoms with van der Waals surface area (Å²) in [7, 11) is 3.19. The van der Waals surface area contributed by atoms with Crippen molar-refractivity contribution < 1.29 is 14.3 Å². The number of pyridine rings is 1. The van der Waals surface area contributed by atoms with Crippen LogP contribution in [0.3, 0.4) is 0 Å². The average Bonchev–Trinajstić information content (AvgIpc) is 3.23. The number of H-pyrrole nitrogens is 1. The van der Waals surface area contributed by atoms with Gasteiger partial charge in [-0.25, -0.2) is 4.68 Å². The Morgan fingerprint density at radius 1 is 0.971 bits per heavy atom. The van der Waals surface area contributed by atoms with E-state index in [-0.39, 0.29) is 11.5 Å². The average molecular weight is 454 g/mol. The van der Waals surface area contributed by atoms with Gasteiger partial charge in [0.15, 0.2) is 0 Å². The molecule has 170 valence electrons. The van der Waals surface area contributed by atoms with Crippen molar-refractivity contribution in [2.45, 2.75) is 6.54 Å². The third-order valence-electron chi connectivity index (χ3n) is 5.71. The summed E-state index contributed by atoms with van der Waals surface area (Å²) in [4.78, 5) is 30.3. The number of nitrogens with zero attached hydrogens (tertiary/aromatic N) is 2. The SMILES string of the molecule is COc1ccc(-n2[nH]c3c(cnc4ccc(C(=O)NCc5cccc(OC)c5)cc43)c2=O)cc1. The lowest BCUT2D eigenvalue weighted by Crippen LogP contribution is -2.22. The summed E-state index contributed by atoms with van der Waals surface area (Å²) < 4.78 is 11.9. The van der Waals surface area contributed by atoms with Crippen LogP contribution in [0.2, 0.25) is 0 Å². The Morgan fingerprint density at radius 3 is 2.53 bits per heavy atom. The van der Waals surface area contributed by atoms with E-state index in [2.05, 4.69) is 15.4 Å². The minimum Gasteiger partial charge on any atom is -0.497 e. The Bertz CT molecular complexity index is 1570. The van der Waals surface area contributed by atoms with E-state index in [0.717, 1.165) is 11.3 Å². The first-order chi connectivity index (χ1) is 16.6. The second-order valence-electron chi connectivity index (χ2n) is 7.76. The zero-order chi connectivity index (χ0) is 23.7. The molecule has 1 amide bonds. The van der Waals surface area contributed by atoms with Crippen LogP contribution in [-0.2, 0) is 6.54 Å². The van der Waals surface area contributed by atoms with E-state index >= 15 is 0 Å². The van der Waals surface area contributed by atoms with Crippen LogP contribution in [-0.4, -0.2) is 34.9 Å². The minimum absolute atomic E-state index is 0.220. The summed E-state index contributed by atoms with van der Waals surface area (Å²) >= 11 is 0. The number of benzene rings is 3. The molecule has 0 bridgehead atoms. The molecule has 0 aliphatic heterocycles. The second kappa shape index (κ2) is 8.74. The Labute approximate surface area is 194 Å². The van der Waals surface area contributed by atoms with Gasteiger partial charge in [0, 0.05) is 23.7 Å². The summed E-state index contributed by atoms with van der Waals surface area (Å²) in [6.45, 7) is 0.362. The smallest absolute Gasteiger partial charge is 0.280 e. The van der Waals surface area contributed by atoms with Crippen LogP contribution in [0.1, 0.15) is 15.9 Å². The Kier molecular flexibility index (Phi) is 5.47. The van der Waals surface area contributed by atoms with Crippen LogP contribution in [0.25, 0.3) is 27.5 Å². The molecule has 0 saturated heterocycles. The summed E-state index contributed by atoms with van der Waals surface area (Å²) in [5, 5.41) is 7.24. The maximum atomic E-state index is 13.0. The largest absolute Gasteiger partial charge is 0.497 e. The number of amides is 1. The molecule has 2 heterocycles. The maximum absolute atomic E-state index is 13.0. The van der Waals surface area contributed by atoms with Gasteiger partial charge in [-0.1, -0.05) is 12.1 Å². The molecule has 34 heavy (non-hydrogen) atoms. The second-order valence-corrected chi connectivity index (χ2v) is 7.76. The summed E-state index contributed by atoms with van der Waals surface area (Å²) in [6.07, 6.45) is 1.55. The van der Waals surface area contributed by atoms with Gasteiger partial charge in [0.1, 0.15) is 11.5 Å². The van der Waals surface area contributed by atoms with Crippen LogP contribution in [0.4, 0.5) is 0 Å². The number of nitrogens with one attached hydrogen (secondary N) is 2. The van der Waals surface area contributed by atoms with Gasteiger partial charge < -0.3 is 14.8 Å². The van der Waals surface area contributed by atoms with Crippen LogP contribution in [0.5, 0.6) is 11.5 Å². The molecule has 2 aromatic heterocycles. The number of hydrogen-bond donors (Lipinski definition) is 2. The topological polar surface area (TPSA) is 98.2 Å². The van der Waals surface area contributed by atoms with Crippen molar-refractivity contribution in [3.63, 3.8) is 0 Å². The molecule has 2 N–H and O–H groups in total. The van der Waals surface area contributed by atoms with Crippen molar-refractivity contribution in [3.05, 3.63) is 94.4 Å². The molecule has 0 atom stereocenters. The first-order valence-corrected chi connectivity index (χ1v) is 10.7. The van der Waals surface area contributed by atoms with E-state index in [1.165, 1.54) is 4.68 Å². The Balaban J connectivity index is 1.49. The van der Waals surface area contributed by atoms with Crippen LogP contribution >= 0.6 is 0 Å². The fraction of sp³-hybridized carbons (Fsp3) is 0.115. The first-order valence-electron chi connectivity index (χ1n) is 10.7. The molecule has 5 aromatic rings. The number of rotatable bonds is 6. The van der Waals surface area contributed by atoms with Gasteiger partial charge in [-0.2, -0.15) is 0 Å². The van der Waals surface area contributed by atoms with E-state index in [4.69, 9.17) is 9.47 Å². The monoisotopic (exact) mass is 454 g/mol. The van der Waals surface area contributed by atoms with Crippen molar-refractivity contribution in [1.29, 1.82) is 0 Å². The third kappa shape index (κ3) is 3.86. The van der Waals surface area contributed by atoms with Gasteiger partial charge in [-0.15, -0.1) is 0 Å². The van der Waals surface area contributed by atoms with Gasteiger partial charge in [0.05, 0.1) is 36.3 Å². The van der Waals surface area contributed by atoms with Gasteiger partial charge >= 0.3 is 0 Å². The van der Waals surface area contributed by atoms with E-state index in [0.29, 0.717) is 45.4 Å². The van der Waals surface area contributed by atoms with Crippen molar-refractivity contribution in [2.75, 3.05) is 14.2 Å². The van der Waals surface area contributed by atoms with E-state index in [1.54, 1.807) is 62.9 Å². The molecule has 0 saturated carbocycles. The molecule has 5 rings (SSSR count). The number of aromatic amines is 1. The summed E-state index contributed by atoms with van der Waals surface area (Å²) in [5.41, 5.74) is 3.15. The maximum Gasteiger partial charge on any atom is 0.280 e. The minimum atomic E-state index is -0.223. The fourth-order valence-corrected chi connectivity index (χ4v) is 3.88. The zero-order valence-corrected chi connectivity index (χ0v) is 18.7. The van der Waals surface area contributed by atoms with Gasteiger partial charge in [-0.05, 0) is 60.2 Å². The molecule has 8 nitrogen and oxygen atoms in total. The molecule has 0 fully saturated rings. The van der Waals surface area contributed by atoms with Crippen molar-refractivity contribution in [1.82, 2.24) is 20.1 Å². The van der Waals surface area contributed by atoms with Crippen molar-refractivity contribution in [2.24, 2.45) is 0 Å². The summed E-state index contributed by atoms with van der Waals surface area (Å²) in [5.74, 6) is 1.21. The highest BCUT2D eigenvalue weighted by molar-refractivity contribution is 6.06. The molecule has 0 unspecified atom stereocenters. The molecule has 0 radical (unpaired) electrons. The van der Waals surface area contributed by atoms with Crippen LogP contribution < -0.4 is 20.3 Å². The lowest BCUT2D eigenvalue weighted by molar-refractivity contribution is 0.0951. The number of carbonyl (C=O) groups excluding carboxylic acids is 1. The Hall–Kier alpha value is -4.59. The van der Waals surface area contributed by atoms with E-state index in [1.807, 2.05) is 24.3 Å². The highest BCUT2D eigenvalue weighted by Crippen LogP contribution is 2.23. The van der Waals surface area contributed by atoms with E-state index in [9.17, 15) is 9.59 Å². The van der Waals surface area contributed by atoms with Crippen LogP contribution in [0, 0.1) is 0 Å². The van der Waals surface area contributed by atoms with Crippen molar-refractivity contribution in [3.8, 4) is 17.2 Å². The van der Waals surface area contributed by atoms with Crippen LogP contribution in [0.15, 0.2) is 77.7 Å². The highest BCUT2D eigenvalue weighted by atomic mass is 16.5. The molecule has 0 aliphatic rings. The lowest BCUT2D eigenvalue weighted by atomic mass is 10.1. The Morgan fingerprint density at radius 2 is 1.76 bits per heavy atom. The number of methoxy groups -OCH3 is 2. The number of ether oxygens (including phenoxy) is 2. The fourth-order valence-electron chi connectivity index (χ4n) is 3.88. The molecular weight excluding hydrogens is 432 g/mol. The van der Waals surface area contributed by atoms with Crippen molar-refractivity contribution >= 4 is 27.7 Å². The normalized spacial score (nSPS) is 11.0. The van der Waals surface area contributed by atoms with E-state index < -0.39 is 0 Å². The number of carbonyl (C=O) groups is 1. The van der Waals surface area contributed by atoms with Gasteiger partial charge in [0.2, 0.25) is 0 Å². The molecule has 8 heteroatoms. The standard InChI is InChI=1S/C26H22N4O4/c1-33-19-9-7-18(8-10-19)30-26(32)22-15-27-23-11-6-17(13-21(23)24(22)29-30)25(31)28-14-16-4-3-5-20(12-16)34-2/h3-13,15,29H,14H2,1-2H3,(H,28,31). The first kappa shape index (κ1) is 21.3. The predicted molar refractivity (Wildman–Crippen MR) is 130 cm³/mol. The van der Waals surface area contributed by atoms with Gasteiger partial charge in [-0.3, -0.25) is 19.7 Å². The zero-order valence-electron chi connectivity index (χ0n) is 18.7. The number of aromatic nitrogens is 3. The molecule has 3 aromatic carbocycles. The highest BCUT2D eigenvalue weighted by Gasteiger charge is 2.14. The third-order valence-corrected chi connectivity index (χ3v) is 5.71. The molecular formula is C26H22N4O4. The number of hydrogen-bond acceptors (Lipinski definition) is 5. The molecule has 0 aliphatic carbocycles. The number of fused-ring (bicyclic) bond motifs is 3. The lowest BCUT2D eigenvalue weighted by Gasteiger charge is -2.08. The predicted octanol–water partition coefficient (Wildman–Crippen LogP) is 3.81. The van der Waals surface area contributed by atoms with Gasteiger partial charge in [0.25, 0.3) is 11.5 Å². The summed E-state index contributed by atoms with van der Waals surface area (Å²) in [6, 6.07) is 19.9.